The van der Waals surface area contributed by atoms with E-state index in [2.05, 4.69) is 15.5 Å². The fraction of sp³-hybridized carbons (Fsp3) is 0.636. The molecule has 2 N–H and O–H groups in total. The number of aromatic nitrogens is 2. The zero-order chi connectivity index (χ0) is 11.5. The zero-order valence-electron chi connectivity index (χ0n) is 9.85. The summed E-state index contributed by atoms with van der Waals surface area (Å²) in [5.74, 6) is -0.0458. The van der Waals surface area contributed by atoms with Crippen molar-refractivity contribution >= 4 is 5.91 Å². The van der Waals surface area contributed by atoms with Crippen LogP contribution < -0.4 is 5.32 Å². The molecular weight excluding hydrogens is 190 g/mol. The molecule has 15 heavy (non-hydrogen) atoms. The molecule has 0 unspecified atom stereocenters. The molecule has 4 heteroatoms. The van der Waals surface area contributed by atoms with Crippen LogP contribution in [0, 0.1) is 0 Å². The summed E-state index contributed by atoms with van der Waals surface area (Å²) in [7, 11) is 0. The lowest BCUT2D eigenvalue weighted by molar-refractivity contribution is 0.0951. The summed E-state index contributed by atoms with van der Waals surface area (Å²) in [6.07, 6.45) is 2.60. The van der Waals surface area contributed by atoms with E-state index in [1.807, 2.05) is 27.7 Å². The van der Waals surface area contributed by atoms with Crippen molar-refractivity contribution in [1.29, 1.82) is 0 Å². The van der Waals surface area contributed by atoms with Gasteiger partial charge in [0.05, 0.1) is 11.3 Å². The van der Waals surface area contributed by atoms with Gasteiger partial charge in [-0.05, 0) is 6.42 Å². The molecule has 0 bridgehead atoms. The monoisotopic (exact) mass is 209 g/mol. The summed E-state index contributed by atoms with van der Waals surface area (Å²) >= 11 is 0. The van der Waals surface area contributed by atoms with Crippen LogP contribution in [0.25, 0.3) is 0 Å². The van der Waals surface area contributed by atoms with Crippen LogP contribution in [-0.4, -0.2) is 22.6 Å². The van der Waals surface area contributed by atoms with Crippen molar-refractivity contribution in [1.82, 2.24) is 15.5 Å². The molecule has 0 saturated heterocycles. The fourth-order valence-electron chi connectivity index (χ4n) is 1.37. The number of carbonyl (C=O) groups is 1. The predicted molar refractivity (Wildman–Crippen MR) is 59.9 cm³/mol. The van der Waals surface area contributed by atoms with Gasteiger partial charge in [-0.15, -0.1) is 0 Å². The third kappa shape index (κ3) is 2.81. The molecule has 0 saturated carbocycles. The first-order valence-corrected chi connectivity index (χ1v) is 5.29. The summed E-state index contributed by atoms with van der Waals surface area (Å²) in [5, 5.41) is 9.73. The van der Waals surface area contributed by atoms with Gasteiger partial charge in [0.15, 0.2) is 0 Å². The van der Waals surface area contributed by atoms with Crippen molar-refractivity contribution in [3.63, 3.8) is 0 Å². The van der Waals surface area contributed by atoms with E-state index >= 15 is 0 Å². The van der Waals surface area contributed by atoms with Crippen molar-refractivity contribution in [2.75, 3.05) is 6.54 Å². The molecule has 0 aliphatic carbocycles. The molecule has 0 aliphatic heterocycles. The number of H-pyrrole nitrogens is 1. The topological polar surface area (TPSA) is 57.8 Å². The molecule has 0 radical (unpaired) electrons. The number of nitrogens with one attached hydrogen (secondary N) is 2. The van der Waals surface area contributed by atoms with Gasteiger partial charge in [-0.1, -0.05) is 27.7 Å². The van der Waals surface area contributed by atoms with Crippen LogP contribution in [0.5, 0.6) is 0 Å². The minimum absolute atomic E-state index is 0.0458. The zero-order valence-corrected chi connectivity index (χ0v) is 9.85. The Balaban J connectivity index is 2.86. The highest BCUT2D eigenvalue weighted by molar-refractivity contribution is 5.95. The number of carbonyl (C=O) groups excluding carboxylic acids is 1. The number of aromatic amines is 1. The minimum atomic E-state index is -0.112. The summed E-state index contributed by atoms with van der Waals surface area (Å²) in [5.41, 5.74) is 1.35. The van der Waals surface area contributed by atoms with Crippen LogP contribution in [0.2, 0.25) is 0 Å². The molecule has 0 spiro atoms. The van der Waals surface area contributed by atoms with E-state index < -0.39 is 0 Å². The van der Waals surface area contributed by atoms with Crippen LogP contribution in [0.3, 0.4) is 0 Å². The Morgan fingerprint density at radius 3 is 2.73 bits per heavy atom. The lowest BCUT2D eigenvalue weighted by Crippen LogP contribution is -2.27. The van der Waals surface area contributed by atoms with Crippen LogP contribution in [-0.2, 0) is 5.41 Å². The second-order valence-corrected chi connectivity index (χ2v) is 4.65. The highest BCUT2D eigenvalue weighted by Gasteiger charge is 2.24. The number of nitrogens with zero attached hydrogens (tertiary/aromatic N) is 1. The van der Waals surface area contributed by atoms with E-state index in [1.165, 1.54) is 0 Å². The highest BCUT2D eigenvalue weighted by atomic mass is 16.1. The molecule has 1 heterocycles. The summed E-state index contributed by atoms with van der Waals surface area (Å²) < 4.78 is 0. The molecule has 1 aromatic rings. The van der Waals surface area contributed by atoms with Gasteiger partial charge >= 0.3 is 0 Å². The lowest BCUT2D eigenvalue weighted by atomic mass is 9.89. The van der Waals surface area contributed by atoms with E-state index in [4.69, 9.17) is 0 Å². The van der Waals surface area contributed by atoms with Crippen molar-refractivity contribution in [3.8, 4) is 0 Å². The second kappa shape index (κ2) is 4.47. The first-order chi connectivity index (χ1) is 6.96. The molecule has 1 amide bonds. The van der Waals surface area contributed by atoms with Gasteiger partial charge in [-0.3, -0.25) is 9.89 Å². The molecule has 0 aromatic carbocycles. The van der Waals surface area contributed by atoms with Crippen molar-refractivity contribution in [2.45, 2.75) is 39.5 Å². The van der Waals surface area contributed by atoms with Gasteiger partial charge in [0.1, 0.15) is 0 Å². The standard InChI is InChI=1S/C11H19N3O/c1-5-6-12-10(15)8-7-13-14-9(8)11(2,3)4/h7H,5-6H2,1-4H3,(H,12,15)(H,13,14). The fourth-order valence-corrected chi connectivity index (χ4v) is 1.37. The van der Waals surface area contributed by atoms with Crippen LogP contribution >= 0.6 is 0 Å². The van der Waals surface area contributed by atoms with Gasteiger partial charge in [-0.2, -0.15) is 5.10 Å². The Morgan fingerprint density at radius 2 is 2.20 bits per heavy atom. The Bertz CT molecular complexity index is 336. The molecular formula is C11H19N3O. The number of amides is 1. The normalized spacial score (nSPS) is 11.5. The first kappa shape index (κ1) is 11.8. The SMILES string of the molecule is CCCNC(=O)c1c[nH]nc1C(C)(C)C. The Hall–Kier alpha value is -1.32. The smallest absolute Gasteiger partial charge is 0.254 e. The highest BCUT2D eigenvalue weighted by Crippen LogP contribution is 2.23. The minimum Gasteiger partial charge on any atom is -0.352 e. The van der Waals surface area contributed by atoms with E-state index in [9.17, 15) is 4.79 Å². The van der Waals surface area contributed by atoms with E-state index in [0.717, 1.165) is 12.1 Å². The quantitative estimate of drug-likeness (QED) is 0.798. The van der Waals surface area contributed by atoms with E-state index in [0.29, 0.717) is 12.1 Å². The summed E-state index contributed by atoms with van der Waals surface area (Å²) in [6, 6.07) is 0. The van der Waals surface area contributed by atoms with Crippen LogP contribution in [0.1, 0.15) is 50.2 Å². The lowest BCUT2D eigenvalue weighted by Gasteiger charge is -2.16. The molecule has 0 aliphatic rings. The summed E-state index contributed by atoms with van der Waals surface area (Å²) in [4.78, 5) is 11.8. The first-order valence-electron chi connectivity index (χ1n) is 5.29. The van der Waals surface area contributed by atoms with Crippen molar-refractivity contribution in [2.24, 2.45) is 0 Å². The van der Waals surface area contributed by atoms with E-state index in [1.54, 1.807) is 6.20 Å². The van der Waals surface area contributed by atoms with Gasteiger partial charge in [0.2, 0.25) is 0 Å². The van der Waals surface area contributed by atoms with E-state index in [-0.39, 0.29) is 11.3 Å². The van der Waals surface area contributed by atoms with Crippen molar-refractivity contribution < 1.29 is 4.79 Å². The predicted octanol–water partition coefficient (Wildman–Crippen LogP) is 1.85. The number of hydrogen-bond acceptors (Lipinski definition) is 2. The largest absolute Gasteiger partial charge is 0.352 e. The average Bonchev–Trinajstić information content (AvgIpc) is 2.61. The molecule has 1 rings (SSSR count). The maximum absolute atomic E-state index is 11.8. The van der Waals surface area contributed by atoms with Gasteiger partial charge in [0, 0.05) is 18.2 Å². The molecule has 0 atom stereocenters. The van der Waals surface area contributed by atoms with Crippen LogP contribution in [0.15, 0.2) is 6.20 Å². The maximum Gasteiger partial charge on any atom is 0.254 e. The Labute approximate surface area is 90.5 Å². The Morgan fingerprint density at radius 1 is 1.53 bits per heavy atom. The Kier molecular flexibility index (Phi) is 3.50. The third-order valence-electron chi connectivity index (χ3n) is 2.13. The average molecular weight is 209 g/mol. The van der Waals surface area contributed by atoms with Crippen LogP contribution in [0.4, 0.5) is 0 Å². The molecule has 0 fully saturated rings. The molecule has 1 aromatic heterocycles. The number of rotatable bonds is 3. The molecule has 4 nitrogen and oxygen atoms in total. The van der Waals surface area contributed by atoms with Gasteiger partial charge in [-0.25, -0.2) is 0 Å². The maximum atomic E-state index is 11.8. The van der Waals surface area contributed by atoms with Gasteiger partial charge < -0.3 is 5.32 Å². The summed E-state index contributed by atoms with van der Waals surface area (Å²) in [6.45, 7) is 8.85. The van der Waals surface area contributed by atoms with Gasteiger partial charge in [0.25, 0.3) is 5.91 Å². The molecule has 84 valence electrons. The second-order valence-electron chi connectivity index (χ2n) is 4.65. The number of hydrogen-bond donors (Lipinski definition) is 2. The third-order valence-corrected chi connectivity index (χ3v) is 2.13. The van der Waals surface area contributed by atoms with Crippen molar-refractivity contribution in [3.05, 3.63) is 17.5 Å².